The molecule has 1 saturated heterocycles. The number of nitrogens with one attached hydrogen (secondary N) is 2. The van der Waals surface area contributed by atoms with E-state index in [2.05, 4.69) is 10.6 Å². The lowest BCUT2D eigenvalue weighted by atomic mass is 10.1. The van der Waals surface area contributed by atoms with Gasteiger partial charge in [0.1, 0.15) is 0 Å². The van der Waals surface area contributed by atoms with Crippen LogP contribution in [0.15, 0.2) is 18.2 Å². The van der Waals surface area contributed by atoms with Gasteiger partial charge in [0.05, 0.1) is 13.2 Å². The maximum Gasteiger partial charge on any atom is 0.315 e. The van der Waals surface area contributed by atoms with Crippen LogP contribution >= 0.6 is 0 Å². The average molecular weight is 222 g/mol. The molecule has 16 heavy (non-hydrogen) atoms. The van der Waals surface area contributed by atoms with E-state index in [0.29, 0.717) is 18.7 Å². The Hall–Kier alpha value is -1.91. The van der Waals surface area contributed by atoms with Gasteiger partial charge >= 0.3 is 6.03 Å². The zero-order valence-electron chi connectivity index (χ0n) is 8.99. The van der Waals surface area contributed by atoms with E-state index in [1.165, 1.54) is 7.11 Å². The lowest BCUT2D eigenvalue weighted by Crippen LogP contribution is -2.28. The number of hydrogen-bond donors (Lipinski definition) is 3. The van der Waals surface area contributed by atoms with Crippen molar-refractivity contribution in [3.05, 3.63) is 23.8 Å². The molecule has 0 aromatic heterocycles. The van der Waals surface area contributed by atoms with E-state index < -0.39 is 0 Å². The number of phenols is 1. The third kappa shape index (κ3) is 2.18. The largest absolute Gasteiger partial charge is 0.504 e. The van der Waals surface area contributed by atoms with Crippen LogP contribution in [0.3, 0.4) is 0 Å². The first kappa shape index (κ1) is 10.6. The summed E-state index contributed by atoms with van der Waals surface area (Å²) in [5, 5.41) is 15.1. The molecule has 1 aromatic rings. The lowest BCUT2D eigenvalue weighted by Gasteiger charge is -2.10. The number of benzene rings is 1. The van der Waals surface area contributed by atoms with E-state index in [9.17, 15) is 9.90 Å². The predicted molar refractivity (Wildman–Crippen MR) is 58.7 cm³/mol. The van der Waals surface area contributed by atoms with Crippen LogP contribution in [0.25, 0.3) is 0 Å². The standard InChI is InChI=1S/C11H14N2O3/c1-16-10-3-2-7(5-9(10)14)4-8-6-12-11(15)13-8/h2-3,5,8,14H,4,6H2,1H3,(H2,12,13,15). The highest BCUT2D eigenvalue weighted by molar-refractivity contribution is 5.76. The van der Waals surface area contributed by atoms with E-state index in [1.807, 2.05) is 6.07 Å². The summed E-state index contributed by atoms with van der Waals surface area (Å²) in [5.41, 5.74) is 0.965. The molecule has 1 fully saturated rings. The minimum absolute atomic E-state index is 0.0836. The van der Waals surface area contributed by atoms with Crippen LogP contribution < -0.4 is 15.4 Å². The van der Waals surface area contributed by atoms with Crippen molar-refractivity contribution >= 4 is 6.03 Å². The van der Waals surface area contributed by atoms with Crippen molar-refractivity contribution in [2.24, 2.45) is 0 Å². The highest BCUT2D eigenvalue weighted by atomic mass is 16.5. The summed E-state index contributed by atoms with van der Waals surface area (Å²) >= 11 is 0. The van der Waals surface area contributed by atoms with Gasteiger partial charge in [0.25, 0.3) is 0 Å². The van der Waals surface area contributed by atoms with Gasteiger partial charge in [-0.2, -0.15) is 0 Å². The van der Waals surface area contributed by atoms with Gasteiger partial charge in [-0.1, -0.05) is 6.07 Å². The molecule has 0 bridgehead atoms. The van der Waals surface area contributed by atoms with Crippen molar-refractivity contribution in [1.82, 2.24) is 10.6 Å². The molecule has 5 nitrogen and oxygen atoms in total. The summed E-state index contributed by atoms with van der Waals surface area (Å²) in [6.07, 6.45) is 0.691. The molecule has 0 aliphatic carbocycles. The van der Waals surface area contributed by atoms with Gasteiger partial charge in [-0.05, 0) is 24.1 Å². The Morgan fingerprint density at radius 2 is 2.38 bits per heavy atom. The second-order valence-corrected chi connectivity index (χ2v) is 3.76. The van der Waals surface area contributed by atoms with E-state index >= 15 is 0 Å². The van der Waals surface area contributed by atoms with Gasteiger partial charge in [0, 0.05) is 6.54 Å². The van der Waals surface area contributed by atoms with E-state index in [4.69, 9.17) is 4.74 Å². The first-order valence-electron chi connectivity index (χ1n) is 5.09. The molecule has 1 aliphatic rings. The number of carbonyl (C=O) groups is 1. The lowest BCUT2D eigenvalue weighted by molar-refractivity contribution is 0.247. The second-order valence-electron chi connectivity index (χ2n) is 3.76. The van der Waals surface area contributed by atoms with Crippen LogP contribution in [0.2, 0.25) is 0 Å². The van der Waals surface area contributed by atoms with Crippen LogP contribution in [-0.2, 0) is 6.42 Å². The van der Waals surface area contributed by atoms with Gasteiger partial charge in [0.2, 0.25) is 0 Å². The minimum atomic E-state index is -0.136. The van der Waals surface area contributed by atoms with E-state index in [-0.39, 0.29) is 17.8 Å². The SMILES string of the molecule is COc1ccc(CC2CNC(=O)N2)cc1O. The van der Waals surface area contributed by atoms with Crippen LogP contribution in [0.1, 0.15) is 5.56 Å². The van der Waals surface area contributed by atoms with Gasteiger partial charge < -0.3 is 20.5 Å². The van der Waals surface area contributed by atoms with Crippen LogP contribution in [0.4, 0.5) is 4.79 Å². The Morgan fingerprint density at radius 1 is 1.56 bits per heavy atom. The summed E-state index contributed by atoms with van der Waals surface area (Å²) in [4.78, 5) is 10.9. The zero-order chi connectivity index (χ0) is 11.5. The predicted octanol–water partition coefficient (Wildman–Crippen LogP) is 0.625. The van der Waals surface area contributed by atoms with Crippen molar-refractivity contribution in [3.63, 3.8) is 0 Å². The van der Waals surface area contributed by atoms with E-state index in [0.717, 1.165) is 5.56 Å². The number of amides is 2. The third-order valence-electron chi connectivity index (χ3n) is 2.57. The maximum atomic E-state index is 10.9. The van der Waals surface area contributed by atoms with E-state index in [1.54, 1.807) is 12.1 Å². The number of hydrogen-bond acceptors (Lipinski definition) is 3. The number of carbonyl (C=O) groups excluding carboxylic acids is 1. The van der Waals surface area contributed by atoms with Crippen molar-refractivity contribution in [2.75, 3.05) is 13.7 Å². The fourth-order valence-electron chi connectivity index (χ4n) is 1.77. The molecule has 0 radical (unpaired) electrons. The number of phenolic OH excluding ortho intramolecular Hbond substituents is 1. The molecular formula is C11H14N2O3. The Balaban J connectivity index is 2.04. The monoisotopic (exact) mass is 222 g/mol. The molecule has 0 spiro atoms. The summed E-state index contributed by atoms with van der Waals surface area (Å²) < 4.78 is 4.95. The van der Waals surface area contributed by atoms with Crippen LogP contribution in [0.5, 0.6) is 11.5 Å². The molecule has 86 valence electrons. The highest BCUT2D eigenvalue weighted by Gasteiger charge is 2.20. The normalized spacial score (nSPS) is 19.1. The molecule has 1 unspecified atom stereocenters. The van der Waals surface area contributed by atoms with Gasteiger partial charge in [-0.25, -0.2) is 4.79 Å². The van der Waals surface area contributed by atoms with Crippen molar-refractivity contribution < 1.29 is 14.6 Å². The zero-order valence-corrected chi connectivity index (χ0v) is 8.99. The first-order chi connectivity index (χ1) is 7.69. The quantitative estimate of drug-likeness (QED) is 0.702. The smallest absolute Gasteiger partial charge is 0.315 e. The Bertz CT molecular complexity index is 406. The Labute approximate surface area is 93.4 Å². The van der Waals surface area contributed by atoms with Crippen molar-refractivity contribution in [1.29, 1.82) is 0 Å². The molecule has 1 atom stereocenters. The second kappa shape index (κ2) is 4.30. The molecule has 2 rings (SSSR count). The summed E-state index contributed by atoms with van der Waals surface area (Å²) in [6, 6.07) is 5.20. The number of methoxy groups -OCH3 is 1. The Kier molecular flexibility index (Phi) is 2.85. The summed E-state index contributed by atoms with van der Waals surface area (Å²) in [5.74, 6) is 0.578. The van der Waals surface area contributed by atoms with Crippen LogP contribution in [0, 0.1) is 0 Å². The number of rotatable bonds is 3. The first-order valence-corrected chi connectivity index (χ1v) is 5.09. The summed E-state index contributed by atoms with van der Waals surface area (Å²) in [6.45, 7) is 0.617. The highest BCUT2D eigenvalue weighted by Crippen LogP contribution is 2.26. The topological polar surface area (TPSA) is 70.6 Å². The minimum Gasteiger partial charge on any atom is -0.504 e. The fraction of sp³-hybridized carbons (Fsp3) is 0.364. The molecule has 1 heterocycles. The molecular weight excluding hydrogens is 208 g/mol. The number of aromatic hydroxyl groups is 1. The molecule has 1 aromatic carbocycles. The molecule has 0 saturated carbocycles. The van der Waals surface area contributed by atoms with Gasteiger partial charge in [-0.15, -0.1) is 0 Å². The summed E-state index contributed by atoms with van der Waals surface area (Å²) in [7, 11) is 1.51. The molecule has 5 heteroatoms. The van der Waals surface area contributed by atoms with Crippen molar-refractivity contribution in [3.8, 4) is 11.5 Å². The third-order valence-corrected chi connectivity index (χ3v) is 2.57. The molecule has 1 aliphatic heterocycles. The van der Waals surface area contributed by atoms with Crippen molar-refractivity contribution in [2.45, 2.75) is 12.5 Å². The van der Waals surface area contributed by atoms with Gasteiger partial charge in [0.15, 0.2) is 11.5 Å². The molecule has 3 N–H and O–H groups in total. The Morgan fingerprint density at radius 3 is 2.94 bits per heavy atom. The van der Waals surface area contributed by atoms with Crippen LogP contribution in [-0.4, -0.2) is 30.8 Å². The fourth-order valence-corrected chi connectivity index (χ4v) is 1.77. The van der Waals surface area contributed by atoms with Gasteiger partial charge in [-0.3, -0.25) is 0 Å². The maximum absolute atomic E-state index is 10.9. The number of ether oxygens (including phenoxy) is 1. The average Bonchev–Trinajstić information content (AvgIpc) is 2.64. The number of urea groups is 1. The molecule has 2 amide bonds.